The molecule has 1 atom stereocenters. The quantitative estimate of drug-likeness (QED) is 0.922. The number of hydrogen-bond donors (Lipinski definition) is 1. The molecule has 0 radical (unpaired) electrons. The molecule has 0 aliphatic carbocycles. The Kier molecular flexibility index (Phi) is 4.32. The maximum atomic E-state index is 6.21. The smallest absolute Gasteiger partial charge is 0.133 e. The van der Waals surface area contributed by atoms with Crippen LogP contribution in [0.3, 0.4) is 0 Å². The molecule has 0 aromatic heterocycles. The normalized spacial score (nSPS) is 18.6. The summed E-state index contributed by atoms with van der Waals surface area (Å²) in [6, 6.07) is 17.8. The third-order valence-corrected chi connectivity index (χ3v) is 4.83. The van der Waals surface area contributed by atoms with E-state index in [9.17, 15) is 0 Å². The Morgan fingerprint density at radius 3 is 1.77 bits per heavy atom. The van der Waals surface area contributed by atoms with E-state index in [1.807, 2.05) is 7.11 Å². The lowest BCUT2D eigenvalue weighted by Crippen LogP contribution is -2.47. The lowest BCUT2D eigenvalue weighted by molar-refractivity contribution is -0.00628. The second-order valence-corrected chi connectivity index (χ2v) is 6.32. The Balaban J connectivity index is 2.15. The summed E-state index contributed by atoms with van der Waals surface area (Å²) in [6.45, 7) is 5.31. The molecule has 3 rings (SSSR count). The number of benzene rings is 2. The summed E-state index contributed by atoms with van der Waals surface area (Å²) in [4.78, 5) is 0. The average molecular weight is 295 g/mol. The number of methoxy groups -OCH3 is 1. The molecule has 2 heteroatoms. The van der Waals surface area contributed by atoms with E-state index in [-0.39, 0.29) is 0 Å². The van der Waals surface area contributed by atoms with E-state index >= 15 is 0 Å². The number of aryl methyl sites for hydroxylation is 2. The Bertz CT molecular complexity index is 564. The minimum absolute atomic E-state index is 0.308. The van der Waals surface area contributed by atoms with Crippen LogP contribution < -0.4 is 5.32 Å². The highest BCUT2D eigenvalue weighted by Gasteiger charge is 2.43. The van der Waals surface area contributed by atoms with Gasteiger partial charge in [0.2, 0.25) is 0 Å². The van der Waals surface area contributed by atoms with Crippen molar-refractivity contribution in [2.45, 2.75) is 38.3 Å². The highest BCUT2D eigenvalue weighted by atomic mass is 16.5. The van der Waals surface area contributed by atoms with Crippen LogP contribution in [0.15, 0.2) is 48.5 Å². The number of nitrogens with one attached hydrogen (secondary N) is 1. The summed E-state index contributed by atoms with van der Waals surface area (Å²) < 4.78 is 6.21. The minimum atomic E-state index is -0.419. The second kappa shape index (κ2) is 6.23. The van der Waals surface area contributed by atoms with Crippen LogP contribution in [-0.2, 0) is 10.3 Å². The van der Waals surface area contributed by atoms with Crippen LogP contribution >= 0.6 is 0 Å². The van der Waals surface area contributed by atoms with Crippen molar-refractivity contribution in [1.82, 2.24) is 5.32 Å². The summed E-state index contributed by atoms with van der Waals surface area (Å²) >= 11 is 0. The first kappa shape index (κ1) is 15.3. The molecule has 0 spiro atoms. The van der Waals surface area contributed by atoms with Gasteiger partial charge in [-0.05, 0) is 44.4 Å². The van der Waals surface area contributed by atoms with Crippen molar-refractivity contribution in [3.63, 3.8) is 0 Å². The molecule has 2 aromatic carbocycles. The van der Waals surface area contributed by atoms with E-state index in [1.54, 1.807) is 0 Å². The van der Waals surface area contributed by atoms with Crippen molar-refractivity contribution >= 4 is 0 Å². The highest BCUT2D eigenvalue weighted by molar-refractivity contribution is 5.41. The molecule has 1 N–H and O–H groups in total. The van der Waals surface area contributed by atoms with Crippen LogP contribution in [-0.4, -0.2) is 19.7 Å². The monoisotopic (exact) mass is 295 g/mol. The van der Waals surface area contributed by atoms with Crippen LogP contribution in [0.2, 0.25) is 0 Å². The summed E-state index contributed by atoms with van der Waals surface area (Å²) in [5.74, 6) is 0. The molecule has 2 aromatic rings. The fraction of sp³-hybridized carbons (Fsp3) is 0.400. The molecule has 0 saturated carbocycles. The molecule has 22 heavy (non-hydrogen) atoms. The van der Waals surface area contributed by atoms with Gasteiger partial charge in [-0.15, -0.1) is 0 Å². The predicted molar refractivity (Wildman–Crippen MR) is 91.2 cm³/mol. The van der Waals surface area contributed by atoms with Crippen molar-refractivity contribution in [3.05, 3.63) is 70.8 Å². The van der Waals surface area contributed by atoms with E-state index in [2.05, 4.69) is 67.7 Å². The fourth-order valence-corrected chi connectivity index (χ4v) is 3.58. The molecule has 0 bridgehead atoms. The van der Waals surface area contributed by atoms with Gasteiger partial charge < -0.3 is 10.1 Å². The van der Waals surface area contributed by atoms with Gasteiger partial charge in [0.15, 0.2) is 0 Å². The molecule has 1 unspecified atom stereocenters. The largest absolute Gasteiger partial charge is 0.367 e. The van der Waals surface area contributed by atoms with Crippen molar-refractivity contribution in [2.24, 2.45) is 0 Å². The molecular weight excluding hydrogens is 270 g/mol. The number of ether oxygens (including phenoxy) is 1. The first-order chi connectivity index (χ1) is 10.7. The SMILES string of the molecule is COC(c1ccc(C)cc1)(c1ccc(C)cc1)C1CCCN1. The van der Waals surface area contributed by atoms with Crippen LogP contribution in [0.4, 0.5) is 0 Å². The van der Waals surface area contributed by atoms with Crippen LogP contribution in [0.5, 0.6) is 0 Å². The van der Waals surface area contributed by atoms with E-state index in [0.29, 0.717) is 6.04 Å². The summed E-state index contributed by atoms with van der Waals surface area (Å²) in [7, 11) is 1.83. The number of rotatable bonds is 4. The van der Waals surface area contributed by atoms with E-state index in [4.69, 9.17) is 4.74 Å². The third-order valence-electron chi connectivity index (χ3n) is 4.83. The van der Waals surface area contributed by atoms with E-state index in [0.717, 1.165) is 13.0 Å². The van der Waals surface area contributed by atoms with Crippen molar-refractivity contribution in [1.29, 1.82) is 0 Å². The molecular formula is C20H25NO. The van der Waals surface area contributed by atoms with Gasteiger partial charge in [0.25, 0.3) is 0 Å². The Labute approximate surface area is 133 Å². The van der Waals surface area contributed by atoms with E-state index < -0.39 is 5.60 Å². The average Bonchev–Trinajstić information content (AvgIpc) is 3.07. The van der Waals surface area contributed by atoms with Gasteiger partial charge in [-0.3, -0.25) is 0 Å². The molecule has 116 valence electrons. The van der Waals surface area contributed by atoms with Crippen LogP contribution in [0.1, 0.15) is 35.1 Å². The van der Waals surface area contributed by atoms with Gasteiger partial charge in [-0.2, -0.15) is 0 Å². The maximum absolute atomic E-state index is 6.21. The molecule has 0 amide bonds. The van der Waals surface area contributed by atoms with Gasteiger partial charge in [0.1, 0.15) is 5.60 Å². The topological polar surface area (TPSA) is 21.3 Å². The van der Waals surface area contributed by atoms with Gasteiger partial charge in [0.05, 0.1) is 0 Å². The zero-order chi connectivity index (χ0) is 15.6. The van der Waals surface area contributed by atoms with Crippen LogP contribution in [0.25, 0.3) is 0 Å². The zero-order valence-electron chi connectivity index (χ0n) is 13.7. The van der Waals surface area contributed by atoms with Gasteiger partial charge in [0, 0.05) is 13.2 Å². The lowest BCUT2D eigenvalue weighted by atomic mass is 9.78. The van der Waals surface area contributed by atoms with Crippen LogP contribution in [0, 0.1) is 13.8 Å². The zero-order valence-corrected chi connectivity index (χ0v) is 13.7. The maximum Gasteiger partial charge on any atom is 0.133 e. The highest BCUT2D eigenvalue weighted by Crippen LogP contribution is 2.39. The first-order valence-electron chi connectivity index (χ1n) is 8.09. The Hall–Kier alpha value is -1.64. The van der Waals surface area contributed by atoms with Crippen molar-refractivity contribution in [3.8, 4) is 0 Å². The predicted octanol–water partition coefficient (Wildman–Crippen LogP) is 3.95. The summed E-state index contributed by atoms with van der Waals surface area (Å²) in [6.07, 6.45) is 2.34. The molecule has 1 saturated heterocycles. The van der Waals surface area contributed by atoms with Gasteiger partial charge in [-0.25, -0.2) is 0 Å². The summed E-state index contributed by atoms with van der Waals surface area (Å²) in [5.41, 5.74) is 4.58. The van der Waals surface area contributed by atoms with E-state index in [1.165, 1.54) is 28.7 Å². The number of hydrogen-bond acceptors (Lipinski definition) is 2. The molecule has 1 fully saturated rings. The van der Waals surface area contributed by atoms with Crippen molar-refractivity contribution < 1.29 is 4.74 Å². The van der Waals surface area contributed by atoms with Crippen molar-refractivity contribution in [2.75, 3.05) is 13.7 Å². The Morgan fingerprint density at radius 2 is 1.41 bits per heavy atom. The fourth-order valence-electron chi connectivity index (χ4n) is 3.58. The molecule has 1 heterocycles. The second-order valence-electron chi connectivity index (χ2n) is 6.32. The molecule has 1 aliphatic heterocycles. The lowest BCUT2D eigenvalue weighted by Gasteiger charge is -2.39. The standard InChI is InChI=1S/C20H25NO/c1-15-6-10-17(11-7-15)20(22-3,19-5-4-14-21-19)18-12-8-16(2)9-13-18/h6-13,19,21H,4-5,14H2,1-3H3. The molecule has 1 aliphatic rings. The third kappa shape index (κ3) is 2.57. The molecule has 2 nitrogen and oxygen atoms in total. The minimum Gasteiger partial charge on any atom is -0.367 e. The van der Waals surface area contributed by atoms with Gasteiger partial charge >= 0.3 is 0 Å². The Morgan fingerprint density at radius 1 is 0.909 bits per heavy atom. The first-order valence-corrected chi connectivity index (χ1v) is 8.09. The van der Waals surface area contributed by atoms with Gasteiger partial charge in [-0.1, -0.05) is 59.7 Å². The summed E-state index contributed by atoms with van der Waals surface area (Å²) in [5, 5.41) is 3.65.